The number of carbonyl (C=O) groups is 4. The number of amides is 4. The largest absolute Gasteiger partial charge is 0.394 e. The first-order valence-corrected chi connectivity index (χ1v) is 32.5. The fourth-order valence-electron chi connectivity index (χ4n) is 9.84. The van der Waals surface area contributed by atoms with Crippen molar-refractivity contribution in [1.82, 2.24) is 21.3 Å². The normalized spacial score (nSPS) is 27.3. The van der Waals surface area contributed by atoms with Crippen LogP contribution in [0.4, 0.5) is 0 Å². The maximum Gasteiger partial charge on any atom is 0.220 e. The van der Waals surface area contributed by atoms with Crippen LogP contribution in [0.15, 0.2) is 0 Å². The molecule has 3 rings (SSSR count). The first-order valence-electron chi connectivity index (χ1n) is 32.5. The average molecular weight is 1340 g/mol. The number of hydrogen-bond donors (Lipinski definition) is 13. The molecule has 0 aromatic rings. The number of aliphatic hydroxyl groups excluding tert-OH is 9. The highest BCUT2D eigenvalue weighted by Gasteiger charge is 2.48. The van der Waals surface area contributed by atoms with Crippen LogP contribution in [0.25, 0.3) is 0 Å². The van der Waals surface area contributed by atoms with Crippen molar-refractivity contribution in [1.29, 1.82) is 0 Å². The highest BCUT2D eigenvalue weighted by molar-refractivity contribution is 5.77. The minimum absolute atomic E-state index is 0.103. The van der Waals surface area contributed by atoms with Gasteiger partial charge in [-0.3, -0.25) is 19.2 Å². The van der Waals surface area contributed by atoms with Gasteiger partial charge in [0.05, 0.1) is 59.5 Å². The fraction of sp³-hybridized carbons (Fsp3) is 0.933. The van der Waals surface area contributed by atoms with Gasteiger partial charge in [-0.15, -0.1) is 0 Å². The predicted octanol–water partition coefficient (Wildman–Crippen LogP) is -3.43. The summed E-state index contributed by atoms with van der Waals surface area (Å²) >= 11 is 0. The Kier molecular flexibility index (Phi) is 45.5. The molecule has 0 aromatic carbocycles. The Bertz CT molecular complexity index is 1720. The van der Waals surface area contributed by atoms with E-state index in [1.165, 1.54) is 20.8 Å². The summed E-state index contributed by atoms with van der Waals surface area (Å²) in [6.07, 6.45) is -7.93. The summed E-state index contributed by atoms with van der Waals surface area (Å²) in [6.45, 7) is 11.0. The van der Waals surface area contributed by atoms with Gasteiger partial charge in [0.25, 0.3) is 0 Å². The van der Waals surface area contributed by atoms with E-state index in [1.807, 2.05) is 6.92 Å². The number of carbonyl (C=O) groups excluding carboxylic acids is 4. The molecular weight excluding hydrogens is 1220 g/mol. The lowest BCUT2D eigenvalue weighted by Gasteiger charge is -2.42. The summed E-state index contributed by atoms with van der Waals surface area (Å²) in [6, 6.07) is -3.06. The van der Waals surface area contributed by atoms with Crippen molar-refractivity contribution in [3.63, 3.8) is 0 Å². The topological polar surface area (TPSA) is 437 Å². The van der Waals surface area contributed by atoms with Gasteiger partial charge in [0, 0.05) is 126 Å². The molecule has 13 N–H and O–H groups in total. The quantitative estimate of drug-likeness (QED) is 0.0264. The summed E-state index contributed by atoms with van der Waals surface area (Å²) in [7, 11) is 0. The van der Waals surface area contributed by atoms with Crippen LogP contribution in [0.3, 0.4) is 0 Å². The molecule has 540 valence electrons. The SMILES string of the molecule is CCCCC(=O)NC(COCCCOCCCOCCCOC1OC(CO)C(O)C(O)C1NC(C)=O)(COCCCOCCCOCCCOC1OC(CO)C(O)C(O)C1NC(C)=O)COCCCOCCCOCCCOC1OC(CO)C(O)C(O)C1NC(C)=O. The molecule has 0 aromatic heterocycles. The van der Waals surface area contributed by atoms with Crippen LogP contribution in [-0.2, 0) is 90.2 Å². The van der Waals surface area contributed by atoms with Gasteiger partial charge in [0.2, 0.25) is 23.6 Å². The zero-order chi connectivity index (χ0) is 67.4. The van der Waals surface area contributed by atoms with Gasteiger partial charge in [0.15, 0.2) is 18.9 Å². The van der Waals surface area contributed by atoms with Gasteiger partial charge < -0.3 is 138 Å². The number of hydrogen-bond acceptors (Lipinski definition) is 28. The van der Waals surface area contributed by atoms with Crippen LogP contribution in [0, 0.1) is 0 Å². The van der Waals surface area contributed by atoms with Crippen LogP contribution in [0.5, 0.6) is 0 Å². The number of aliphatic hydroxyl groups is 9. The third kappa shape index (κ3) is 33.7. The van der Waals surface area contributed by atoms with Crippen molar-refractivity contribution in [2.75, 3.05) is 159 Å². The monoisotopic (exact) mass is 1340 g/mol. The molecule has 32 nitrogen and oxygen atoms in total. The average Bonchev–Trinajstić information content (AvgIpc) is 1.52. The van der Waals surface area contributed by atoms with Crippen LogP contribution in [0.2, 0.25) is 0 Å². The molecule has 32 heteroatoms. The molecule has 92 heavy (non-hydrogen) atoms. The predicted molar refractivity (Wildman–Crippen MR) is 323 cm³/mol. The second-order valence-electron chi connectivity index (χ2n) is 22.9. The van der Waals surface area contributed by atoms with Crippen molar-refractivity contribution in [3.8, 4) is 0 Å². The van der Waals surface area contributed by atoms with E-state index in [1.54, 1.807) is 0 Å². The van der Waals surface area contributed by atoms with Gasteiger partial charge in [-0.05, 0) is 64.2 Å². The molecule has 4 amide bonds. The van der Waals surface area contributed by atoms with Crippen molar-refractivity contribution >= 4 is 23.6 Å². The molecule has 3 fully saturated rings. The zero-order valence-electron chi connectivity index (χ0n) is 54.4. The molecule has 3 aliphatic heterocycles. The van der Waals surface area contributed by atoms with Crippen LogP contribution in [-0.4, -0.2) is 326 Å². The van der Waals surface area contributed by atoms with Crippen molar-refractivity contribution in [2.24, 2.45) is 0 Å². The summed E-state index contributed by atoms with van der Waals surface area (Å²) in [5.74, 6) is -1.47. The van der Waals surface area contributed by atoms with Gasteiger partial charge >= 0.3 is 0 Å². The van der Waals surface area contributed by atoms with Crippen molar-refractivity contribution < 1.29 is 136 Å². The molecule has 0 aliphatic carbocycles. The van der Waals surface area contributed by atoms with Gasteiger partial charge in [-0.25, -0.2) is 0 Å². The Morgan fingerprint density at radius 2 is 0.598 bits per heavy atom. The maximum absolute atomic E-state index is 13.4. The van der Waals surface area contributed by atoms with Crippen LogP contribution < -0.4 is 21.3 Å². The first kappa shape index (κ1) is 83.1. The second kappa shape index (κ2) is 50.3. The Morgan fingerprint density at radius 1 is 0.359 bits per heavy atom. The minimum Gasteiger partial charge on any atom is -0.394 e. The highest BCUT2D eigenvalue weighted by atomic mass is 16.7. The fourth-order valence-corrected chi connectivity index (χ4v) is 9.84. The van der Waals surface area contributed by atoms with E-state index in [9.17, 15) is 65.1 Å². The third-order valence-electron chi connectivity index (χ3n) is 14.7. The van der Waals surface area contributed by atoms with E-state index in [-0.39, 0.29) is 45.5 Å². The summed E-state index contributed by atoms with van der Waals surface area (Å²) in [4.78, 5) is 48.4. The molecule has 3 heterocycles. The number of ether oxygens (including phenoxy) is 15. The molecule has 3 aliphatic rings. The molecule has 0 spiro atoms. The van der Waals surface area contributed by atoms with Gasteiger partial charge in [0.1, 0.15) is 78.6 Å². The third-order valence-corrected chi connectivity index (χ3v) is 14.7. The minimum atomic E-state index is -1.40. The smallest absolute Gasteiger partial charge is 0.220 e. The van der Waals surface area contributed by atoms with E-state index in [4.69, 9.17) is 71.1 Å². The standard InChI is InChI=1S/C60H112N4O28/c1-5-6-16-47(71)64-60(38-84-29-10-23-78-17-7-20-81-26-13-32-87-57-48(61-41(2)68)54(75)51(72)44(35-65)90-57,39-85-30-11-24-79-18-8-21-82-27-14-33-88-58-49(62-42(3)69)55(76)52(73)45(36-66)91-58)40-86-31-12-25-80-19-9-22-83-28-15-34-89-59-50(63-43(4)70)56(77)53(74)46(37-67)92-59/h44-46,48-59,65-67,72-77H,5-40H2,1-4H3,(H,61,68)(H,62,69)(H,63,70)(H,64,71). The Labute approximate surface area is 540 Å². The molecule has 3 saturated heterocycles. The molecule has 0 saturated carbocycles. The zero-order valence-corrected chi connectivity index (χ0v) is 54.4. The molecule has 15 atom stereocenters. The lowest BCUT2D eigenvalue weighted by atomic mass is 9.97. The summed E-state index contributed by atoms with van der Waals surface area (Å²) in [5, 5.41) is 101. The Morgan fingerprint density at radius 3 is 0.826 bits per heavy atom. The van der Waals surface area contributed by atoms with Crippen molar-refractivity contribution in [2.45, 2.75) is 202 Å². The molecule has 0 radical (unpaired) electrons. The summed E-state index contributed by atoms with van der Waals surface area (Å²) in [5.41, 5.74) is -1.02. The van der Waals surface area contributed by atoms with E-state index >= 15 is 0 Å². The summed E-state index contributed by atoms with van der Waals surface area (Å²) < 4.78 is 87.1. The van der Waals surface area contributed by atoms with Gasteiger partial charge in [-0.2, -0.15) is 0 Å². The van der Waals surface area contributed by atoms with E-state index in [0.717, 1.165) is 6.42 Å². The van der Waals surface area contributed by atoms with E-state index < -0.39 is 135 Å². The Balaban J connectivity index is 1.39. The first-order chi connectivity index (χ1) is 44.4. The molecule has 0 bridgehead atoms. The molecular formula is C60H112N4O28. The maximum atomic E-state index is 13.4. The van der Waals surface area contributed by atoms with E-state index in [2.05, 4.69) is 21.3 Å². The van der Waals surface area contributed by atoms with Crippen LogP contribution >= 0.6 is 0 Å². The molecule has 15 unspecified atom stereocenters. The lowest BCUT2D eigenvalue weighted by molar-refractivity contribution is -0.270. The van der Waals surface area contributed by atoms with Gasteiger partial charge in [-0.1, -0.05) is 13.3 Å². The lowest BCUT2D eigenvalue weighted by Crippen LogP contribution is -2.64. The second-order valence-corrected chi connectivity index (χ2v) is 22.9. The number of nitrogens with one attached hydrogen (secondary N) is 4. The Hall–Kier alpha value is -3.08. The highest BCUT2D eigenvalue weighted by Crippen LogP contribution is 2.25. The number of unbranched alkanes of at least 4 members (excludes halogenated alkanes) is 1. The van der Waals surface area contributed by atoms with Crippen molar-refractivity contribution in [3.05, 3.63) is 0 Å². The number of rotatable bonds is 55. The van der Waals surface area contributed by atoms with Crippen LogP contribution in [0.1, 0.15) is 105 Å². The van der Waals surface area contributed by atoms with E-state index in [0.29, 0.717) is 170 Å².